The van der Waals surface area contributed by atoms with E-state index in [2.05, 4.69) is 10.5 Å². The van der Waals surface area contributed by atoms with E-state index in [9.17, 15) is 8.78 Å². The minimum Gasteiger partial charge on any atom is -0.305 e. The highest BCUT2D eigenvalue weighted by atomic mass is 19.3. The van der Waals surface area contributed by atoms with Gasteiger partial charge in [0.05, 0.1) is 6.54 Å². The number of alkyl halides is 2. The normalized spacial score (nSPS) is 11.2. The van der Waals surface area contributed by atoms with Gasteiger partial charge in [-0.1, -0.05) is 13.3 Å². The minimum atomic E-state index is -2.32. The molecule has 0 rings (SSSR count). The molecule has 2 nitrogen and oxygen atoms in total. The molecule has 4 heteroatoms. The van der Waals surface area contributed by atoms with Crippen molar-refractivity contribution in [3.63, 3.8) is 0 Å². The Balaban J connectivity index is 3.02. The van der Waals surface area contributed by atoms with Crippen molar-refractivity contribution in [2.24, 2.45) is 5.10 Å². The minimum absolute atomic E-state index is 0.361. The summed E-state index contributed by atoms with van der Waals surface area (Å²) in [4.78, 5) is 0. The molecule has 0 aliphatic rings. The zero-order chi connectivity index (χ0) is 7.82. The first-order chi connectivity index (χ1) is 4.77. The molecule has 1 N–H and O–H groups in total. The van der Waals surface area contributed by atoms with E-state index in [1.165, 1.54) is 0 Å². The van der Waals surface area contributed by atoms with Gasteiger partial charge in [-0.2, -0.15) is 5.10 Å². The number of unbranched alkanes of at least 4 members (excludes halogenated alkanes) is 1. The molecule has 0 aromatic rings. The number of hydrogen-bond donors (Lipinski definition) is 1. The number of hydrogen-bond acceptors (Lipinski definition) is 2. The average molecular weight is 150 g/mol. The summed E-state index contributed by atoms with van der Waals surface area (Å²) in [7, 11) is 0. The van der Waals surface area contributed by atoms with Crippen LogP contribution in [-0.4, -0.2) is 19.2 Å². The molecular weight excluding hydrogens is 138 g/mol. The second-order valence-electron chi connectivity index (χ2n) is 1.85. The van der Waals surface area contributed by atoms with Gasteiger partial charge in [-0.05, 0) is 6.42 Å². The van der Waals surface area contributed by atoms with Gasteiger partial charge >= 0.3 is 0 Å². The lowest BCUT2D eigenvalue weighted by molar-refractivity contribution is 0.147. The summed E-state index contributed by atoms with van der Waals surface area (Å²) < 4.78 is 22.8. The predicted molar refractivity (Wildman–Crippen MR) is 37.4 cm³/mol. The quantitative estimate of drug-likeness (QED) is 0.467. The van der Waals surface area contributed by atoms with E-state index in [-0.39, 0.29) is 6.54 Å². The van der Waals surface area contributed by atoms with Gasteiger partial charge in [-0.25, -0.2) is 8.78 Å². The van der Waals surface area contributed by atoms with Gasteiger partial charge in [0.1, 0.15) is 0 Å². The van der Waals surface area contributed by atoms with E-state index in [0.717, 1.165) is 12.8 Å². The van der Waals surface area contributed by atoms with Crippen molar-refractivity contribution in [1.29, 1.82) is 0 Å². The predicted octanol–water partition coefficient (Wildman–Crippen LogP) is 1.63. The molecule has 0 aromatic heterocycles. The fourth-order valence-electron chi connectivity index (χ4n) is 0.380. The second kappa shape index (κ2) is 6.45. The first kappa shape index (κ1) is 9.33. The van der Waals surface area contributed by atoms with Crippen LogP contribution < -0.4 is 5.43 Å². The molecule has 60 valence electrons. The number of nitrogens with zero attached hydrogens (tertiary/aromatic N) is 1. The topological polar surface area (TPSA) is 24.4 Å². The molecule has 0 amide bonds. The Morgan fingerprint density at radius 2 is 2.30 bits per heavy atom. The van der Waals surface area contributed by atoms with Gasteiger partial charge in [0.25, 0.3) is 6.43 Å². The molecule has 0 aromatic carbocycles. The van der Waals surface area contributed by atoms with Crippen molar-refractivity contribution >= 4 is 6.21 Å². The summed E-state index contributed by atoms with van der Waals surface area (Å²) in [5.74, 6) is 0. The highest BCUT2D eigenvalue weighted by Gasteiger charge is 1.97. The van der Waals surface area contributed by atoms with Crippen LogP contribution in [0.1, 0.15) is 19.8 Å². The van der Waals surface area contributed by atoms with Gasteiger partial charge in [-0.3, -0.25) is 0 Å². The van der Waals surface area contributed by atoms with Crippen LogP contribution in [0.15, 0.2) is 5.10 Å². The zero-order valence-corrected chi connectivity index (χ0v) is 5.98. The van der Waals surface area contributed by atoms with Crippen LogP contribution in [-0.2, 0) is 0 Å². The Kier molecular flexibility index (Phi) is 6.02. The Hall–Kier alpha value is -0.670. The smallest absolute Gasteiger partial charge is 0.257 e. The van der Waals surface area contributed by atoms with E-state index in [0.29, 0.717) is 0 Å². The fraction of sp³-hybridized carbons (Fsp3) is 0.833. The van der Waals surface area contributed by atoms with Crippen molar-refractivity contribution in [2.45, 2.75) is 26.2 Å². The lowest BCUT2D eigenvalue weighted by Gasteiger charge is -1.95. The summed E-state index contributed by atoms with van der Waals surface area (Å²) in [5.41, 5.74) is 2.24. The van der Waals surface area contributed by atoms with E-state index in [1.54, 1.807) is 6.21 Å². The van der Waals surface area contributed by atoms with E-state index < -0.39 is 6.43 Å². The van der Waals surface area contributed by atoms with Crippen molar-refractivity contribution in [3.05, 3.63) is 0 Å². The number of nitrogens with one attached hydrogen (secondary N) is 1. The standard InChI is InChI=1S/C6H12F2N2/c1-2-3-4-9-10-5-6(7)8/h4,6,10H,2-3,5H2,1H3/b9-4+. The molecule has 0 fully saturated rings. The largest absolute Gasteiger partial charge is 0.305 e. The third kappa shape index (κ3) is 7.33. The lowest BCUT2D eigenvalue weighted by Crippen LogP contribution is -2.15. The van der Waals surface area contributed by atoms with E-state index >= 15 is 0 Å². The Morgan fingerprint density at radius 3 is 2.80 bits per heavy atom. The summed E-state index contributed by atoms with van der Waals surface area (Å²) in [6.45, 7) is 1.64. The van der Waals surface area contributed by atoms with Gasteiger partial charge in [0, 0.05) is 6.21 Å². The van der Waals surface area contributed by atoms with Crippen LogP contribution in [0.25, 0.3) is 0 Å². The Morgan fingerprint density at radius 1 is 1.60 bits per heavy atom. The number of rotatable bonds is 5. The molecule has 0 saturated heterocycles. The third-order valence-corrected chi connectivity index (χ3v) is 0.846. The fourth-order valence-corrected chi connectivity index (χ4v) is 0.380. The Bertz CT molecular complexity index is 93.7. The van der Waals surface area contributed by atoms with E-state index in [1.807, 2.05) is 6.92 Å². The first-order valence-corrected chi connectivity index (χ1v) is 3.30. The maximum Gasteiger partial charge on any atom is 0.257 e. The van der Waals surface area contributed by atoms with Crippen LogP contribution in [0.4, 0.5) is 8.78 Å². The van der Waals surface area contributed by atoms with Crippen LogP contribution in [0.5, 0.6) is 0 Å². The van der Waals surface area contributed by atoms with Crippen molar-refractivity contribution in [2.75, 3.05) is 6.54 Å². The number of halogens is 2. The van der Waals surface area contributed by atoms with Gasteiger partial charge in [-0.15, -0.1) is 0 Å². The van der Waals surface area contributed by atoms with E-state index in [4.69, 9.17) is 0 Å². The van der Waals surface area contributed by atoms with Gasteiger partial charge in [0.15, 0.2) is 0 Å². The monoisotopic (exact) mass is 150 g/mol. The molecule has 0 heterocycles. The zero-order valence-electron chi connectivity index (χ0n) is 5.98. The molecule has 0 unspecified atom stereocenters. The molecule has 0 aliphatic carbocycles. The molecule has 10 heavy (non-hydrogen) atoms. The molecule has 0 aliphatic heterocycles. The molecule has 0 spiro atoms. The molecule has 0 radical (unpaired) electrons. The van der Waals surface area contributed by atoms with Crippen molar-refractivity contribution < 1.29 is 8.78 Å². The van der Waals surface area contributed by atoms with Crippen molar-refractivity contribution in [1.82, 2.24) is 5.43 Å². The van der Waals surface area contributed by atoms with Gasteiger partial charge in [0.2, 0.25) is 0 Å². The van der Waals surface area contributed by atoms with Crippen LogP contribution in [0.3, 0.4) is 0 Å². The first-order valence-electron chi connectivity index (χ1n) is 3.30. The number of hydrazone groups is 1. The van der Waals surface area contributed by atoms with Crippen LogP contribution >= 0.6 is 0 Å². The SMILES string of the molecule is CCC/C=N/NCC(F)F. The second-order valence-corrected chi connectivity index (χ2v) is 1.85. The Labute approximate surface area is 59.3 Å². The van der Waals surface area contributed by atoms with Crippen molar-refractivity contribution in [3.8, 4) is 0 Å². The summed E-state index contributed by atoms with van der Waals surface area (Å²) >= 11 is 0. The molecule has 0 bridgehead atoms. The van der Waals surface area contributed by atoms with Crippen LogP contribution in [0.2, 0.25) is 0 Å². The molecular formula is C6H12F2N2. The lowest BCUT2D eigenvalue weighted by atomic mass is 10.4. The average Bonchev–Trinajstić information content (AvgIpc) is 1.87. The maximum absolute atomic E-state index is 11.4. The highest BCUT2D eigenvalue weighted by molar-refractivity contribution is 5.56. The highest BCUT2D eigenvalue weighted by Crippen LogP contribution is 1.87. The maximum atomic E-state index is 11.4. The van der Waals surface area contributed by atoms with Gasteiger partial charge < -0.3 is 5.43 Å². The van der Waals surface area contributed by atoms with Crippen LogP contribution in [0, 0.1) is 0 Å². The molecule has 0 atom stereocenters. The summed E-state index contributed by atoms with van der Waals surface area (Å²) in [5, 5.41) is 3.55. The molecule has 0 saturated carbocycles. The summed E-state index contributed by atoms with van der Waals surface area (Å²) in [6, 6.07) is 0. The summed E-state index contributed by atoms with van der Waals surface area (Å²) in [6.07, 6.45) is 1.09. The third-order valence-electron chi connectivity index (χ3n) is 0.846.